The van der Waals surface area contributed by atoms with E-state index in [-0.39, 0.29) is 5.76 Å². The first-order chi connectivity index (χ1) is 8.16. The summed E-state index contributed by atoms with van der Waals surface area (Å²) in [5.41, 5.74) is 4.61. The van der Waals surface area contributed by atoms with Crippen molar-refractivity contribution in [1.82, 2.24) is 0 Å². The van der Waals surface area contributed by atoms with Crippen molar-refractivity contribution in [2.24, 2.45) is 0 Å². The van der Waals surface area contributed by atoms with Gasteiger partial charge in [0.1, 0.15) is 5.58 Å². The number of rotatable bonds is 1. The standard InChI is InChI=1S/C14H14O3/c1-8-10-5-3-2-4-9(10)6-12-11(8)7-13(17-12)14(15)16/h6-7H,2-5H2,1H3,(H,15,16). The van der Waals surface area contributed by atoms with Gasteiger partial charge in [-0.2, -0.15) is 0 Å². The van der Waals surface area contributed by atoms with Crippen molar-refractivity contribution >= 4 is 16.9 Å². The second-order valence-electron chi connectivity index (χ2n) is 4.67. The molecule has 1 aliphatic rings. The summed E-state index contributed by atoms with van der Waals surface area (Å²) in [4.78, 5) is 10.9. The molecule has 0 unspecified atom stereocenters. The smallest absolute Gasteiger partial charge is 0.371 e. The molecule has 0 fully saturated rings. The molecule has 1 N–H and O–H groups in total. The lowest BCUT2D eigenvalue weighted by molar-refractivity contribution is 0.0665. The Morgan fingerprint density at radius 3 is 2.82 bits per heavy atom. The summed E-state index contributed by atoms with van der Waals surface area (Å²) in [5.74, 6) is -0.969. The van der Waals surface area contributed by atoms with Crippen LogP contribution in [0.15, 0.2) is 16.5 Å². The quantitative estimate of drug-likeness (QED) is 0.817. The third-order valence-electron chi connectivity index (χ3n) is 3.64. The number of aryl methyl sites for hydroxylation is 2. The molecule has 3 nitrogen and oxygen atoms in total. The Hall–Kier alpha value is -1.77. The van der Waals surface area contributed by atoms with E-state index in [4.69, 9.17) is 9.52 Å². The Bertz CT molecular complexity index is 607. The van der Waals surface area contributed by atoms with Crippen molar-refractivity contribution in [2.75, 3.05) is 0 Å². The number of carboxylic acid groups (broad SMARTS) is 1. The molecule has 1 aliphatic carbocycles. The SMILES string of the molecule is Cc1c2c(cc3oc(C(=O)O)cc13)CCCC2. The van der Waals surface area contributed by atoms with E-state index < -0.39 is 5.97 Å². The molecule has 17 heavy (non-hydrogen) atoms. The average molecular weight is 230 g/mol. The summed E-state index contributed by atoms with van der Waals surface area (Å²) in [6, 6.07) is 3.66. The minimum Gasteiger partial charge on any atom is -0.475 e. The van der Waals surface area contributed by atoms with Gasteiger partial charge in [0.2, 0.25) is 5.76 Å². The number of benzene rings is 1. The summed E-state index contributed by atoms with van der Waals surface area (Å²) in [6.45, 7) is 2.06. The predicted octanol–water partition coefficient (Wildman–Crippen LogP) is 3.32. The molecule has 3 heteroatoms. The van der Waals surface area contributed by atoms with E-state index in [2.05, 4.69) is 6.92 Å². The second-order valence-corrected chi connectivity index (χ2v) is 4.67. The van der Waals surface area contributed by atoms with E-state index in [1.807, 2.05) is 6.07 Å². The lowest BCUT2D eigenvalue weighted by Gasteiger charge is -2.18. The Balaban J connectivity index is 2.28. The number of hydrogen-bond acceptors (Lipinski definition) is 2. The topological polar surface area (TPSA) is 50.4 Å². The fourth-order valence-corrected chi connectivity index (χ4v) is 2.75. The van der Waals surface area contributed by atoms with E-state index >= 15 is 0 Å². The third-order valence-corrected chi connectivity index (χ3v) is 3.64. The summed E-state index contributed by atoms with van der Waals surface area (Å²) in [6.07, 6.45) is 4.62. The van der Waals surface area contributed by atoms with Crippen LogP contribution in [0.2, 0.25) is 0 Å². The van der Waals surface area contributed by atoms with Gasteiger partial charge in [0, 0.05) is 5.39 Å². The van der Waals surface area contributed by atoms with E-state index in [0.29, 0.717) is 5.58 Å². The van der Waals surface area contributed by atoms with Crippen LogP contribution in [-0.2, 0) is 12.8 Å². The molecule has 3 rings (SSSR count). The van der Waals surface area contributed by atoms with Crippen LogP contribution in [0.5, 0.6) is 0 Å². The van der Waals surface area contributed by atoms with Crippen molar-refractivity contribution in [3.8, 4) is 0 Å². The van der Waals surface area contributed by atoms with Gasteiger partial charge < -0.3 is 9.52 Å². The van der Waals surface area contributed by atoms with Gasteiger partial charge >= 0.3 is 5.97 Å². The third kappa shape index (κ3) is 1.54. The van der Waals surface area contributed by atoms with E-state index in [0.717, 1.165) is 18.2 Å². The summed E-state index contributed by atoms with van der Waals surface area (Å²) in [5, 5.41) is 9.90. The second kappa shape index (κ2) is 3.62. The molecule has 0 saturated carbocycles. The van der Waals surface area contributed by atoms with E-state index in [1.165, 1.54) is 29.5 Å². The van der Waals surface area contributed by atoms with Gasteiger partial charge in [-0.3, -0.25) is 0 Å². The number of carbonyl (C=O) groups is 1. The zero-order valence-corrected chi connectivity index (χ0v) is 9.75. The molecule has 0 bridgehead atoms. The van der Waals surface area contributed by atoms with Crippen LogP contribution in [-0.4, -0.2) is 11.1 Å². The molecule has 2 aromatic rings. The van der Waals surface area contributed by atoms with Crippen LogP contribution in [0.3, 0.4) is 0 Å². The van der Waals surface area contributed by atoms with Crippen molar-refractivity contribution in [1.29, 1.82) is 0 Å². The van der Waals surface area contributed by atoms with Crippen molar-refractivity contribution in [3.05, 3.63) is 34.6 Å². The highest BCUT2D eigenvalue weighted by Crippen LogP contribution is 2.32. The number of aromatic carboxylic acids is 1. The Kier molecular flexibility index (Phi) is 2.21. The highest BCUT2D eigenvalue weighted by atomic mass is 16.4. The van der Waals surface area contributed by atoms with Crippen LogP contribution in [0.4, 0.5) is 0 Å². The van der Waals surface area contributed by atoms with Gasteiger partial charge in [-0.15, -0.1) is 0 Å². The molecule has 0 amide bonds. The highest BCUT2D eigenvalue weighted by Gasteiger charge is 2.18. The van der Waals surface area contributed by atoms with Crippen LogP contribution in [0.25, 0.3) is 11.0 Å². The van der Waals surface area contributed by atoms with Gasteiger partial charge in [0.25, 0.3) is 0 Å². The molecule has 0 saturated heterocycles. The summed E-state index contributed by atoms with van der Waals surface area (Å²) < 4.78 is 5.38. The molecule has 0 atom stereocenters. The van der Waals surface area contributed by atoms with Gasteiger partial charge in [-0.1, -0.05) is 0 Å². The zero-order chi connectivity index (χ0) is 12.0. The fourth-order valence-electron chi connectivity index (χ4n) is 2.75. The van der Waals surface area contributed by atoms with E-state index in [9.17, 15) is 4.79 Å². The largest absolute Gasteiger partial charge is 0.475 e. The van der Waals surface area contributed by atoms with Crippen molar-refractivity contribution < 1.29 is 14.3 Å². The Morgan fingerprint density at radius 1 is 1.29 bits per heavy atom. The Labute approximate surface area is 99.0 Å². The normalized spacial score (nSPS) is 14.9. The molecule has 0 aliphatic heterocycles. The predicted molar refractivity (Wildman–Crippen MR) is 64.6 cm³/mol. The number of carboxylic acids is 1. The van der Waals surface area contributed by atoms with Crippen LogP contribution < -0.4 is 0 Å². The molecular weight excluding hydrogens is 216 g/mol. The van der Waals surface area contributed by atoms with Crippen molar-refractivity contribution in [2.45, 2.75) is 32.6 Å². The van der Waals surface area contributed by atoms with Crippen LogP contribution >= 0.6 is 0 Å². The first-order valence-electron chi connectivity index (χ1n) is 5.95. The average Bonchev–Trinajstić information content (AvgIpc) is 2.74. The maximum absolute atomic E-state index is 10.9. The van der Waals surface area contributed by atoms with Crippen LogP contribution in [0.1, 0.15) is 40.1 Å². The molecule has 88 valence electrons. The molecule has 0 spiro atoms. The minimum absolute atomic E-state index is 0.0328. The van der Waals surface area contributed by atoms with E-state index in [1.54, 1.807) is 6.07 Å². The highest BCUT2D eigenvalue weighted by molar-refractivity contribution is 5.93. The number of hydrogen-bond donors (Lipinski definition) is 1. The lowest BCUT2D eigenvalue weighted by Crippen LogP contribution is -2.04. The molecule has 0 radical (unpaired) electrons. The van der Waals surface area contributed by atoms with Gasteiger partial charge in [0.15, 0.2) is 0 Å². The maximum Gasteiger partial charge on any atom is 0.371 e. The summed E-state index contributed by atoms with van der Waals surface area (Å²) >= 11 is 0. The number of furan rings is 1. The molecule has 1 heterocycles. The maximum atomic E-state index is 10.9. The number of fused-ring (bicyclic) bond motifs is 2. The molecular formula is C14H14O3. The zero-order valence-electron chi connectivity index (χ0n) is 9.75. The lowest BCUT2D eigenvalue weighted by atomic mass is 9.87. The molecule has 1 aromatic carbocycles. The fraction of sp³-hybridized carbons (Fsp3) is 0.357. The first-order valence-corrected chi connectivity index (χ1v) is 5.95. The Morgan fingerprint density at radius 2 is 2.06 bits per heavy atom. The van der Waals surface area contributed by atoms with Crippen molar-refractivity contribution in [3.63, 3.8) is 0 Å². The molecule has 1 aromatic heterocycles. The van der Waals surface area contributed by atoms with Gasteiger partial charge in [-0.25, -0.2) is 4.79 Å². The first kappa shape index (κ1) is 10.4. The minimum atomic E-state index is -1.00. The monoisotopic (exact) mass is 230 g/mol. The van der Waals surface area contributed by atoms with Gasteiger partial charge in [-0.05, 0) is 61.4 Å². The summed E-state index contributed by atoms with van der Waals surface area (Å²) in [7, 11) is 0. The van der Waals surface area contributed by atoms with Gasteiger partial charge in [0.05, 0.1) is 0 Å². The van der Waals surface area contributed by atoms with Crippen LogP contribution in [0, 0.1) is 6.92 Å².